The van der Waals surface area contributed by atoms with Gasteiger partial charge in [0.05, 0.1) is 11.6 Å². The van der Waals surface area contributed by atoms with Crippen LogP contribution in [0.15, 0.2) is 121 Å². The lowest BCUT2D eigenvalue weighted by Gasteiger charge is -2.57. The molecule has 0 spiro atoms. The van der Waals surface area contributed by atoms with E-state index in [9.17, 15) is 9.65 Å². The van der Waals surface area contributed by atoms with Crippen LogP contribution in [0.3, 0.4) is 0 Å². The Balaban J connectivity index is 1.13. The summed E-state index contributed by atoms with van der Waals surface area (Å²) in [7, 11) is 0. The molecule has 49 heavy (non-hydrogen) atoms. The van der Waals surface area contributed by atoms with Gasteiger partial charge < -0.3 is 0 Å². The summed E-state index contributed by atoms with van der Waals surface area (Å²) >= 11 is 0. The van der Waals surface area contributed by atoms with Crippen LogP contribution in [-0.4, -0.2) is 15.0 Å². The summed E-state index contributed by atoms with van der Waals surface area (Å²) in [6.07, 6.45) is 8.28. The fourth-order valence-electron chi connectivity index (χ4n) is 9.29. The van der Waals surface area contributed by atoms with E-state index in [1.165, 1.54) is 56.2 Å². The zero-order valence-corrected chi connectivity index (χ0v) is 27.2. The van der Waals surface area contributed by atoms with Crippen LogP contribution < -0.4 is 0 Å². The molecule has 0 N–H and O–H groups in total. The van der Waals surface area contributed by atoms with E-state index in [2.05, 4.69) is 42.5 Å². The molecule has 0 saturated heterocycles. The van der Waals surface area contributed by atoms with Crippen molar-refractivity contribution in [3.05, 3.63) is 138 Å². The van der Waals surface area contributed by atoms with Crippen molar-refractivity contribution in [2.75, 3.05) is 0 Å². The fraction of sp³-hybridized carbons (Fsp3) is 0.227. The minimum absolute atomic E-state index is 0.262. The standard InChI is InChI=1S/C44H35FN4/c45-40-16-12-32(13-17-40)35-6-2-8-37(22-35)42-47-41(33-10-14-39(15-11-33)44-24-29-18-30(25-44)20-31(19-29)26-44)48-43(49-42)38-9-3-7-36(23-38)34-5-1-4-28(21-34)27-46/h1-17,21-23,29-31H,18-20,24-26H2/t29-,30+,31-,44?. The minimum Gasteiger partial charge on any atom is -0.208 e. The summed E-state index contributed by atoms with van der Waals surface area (Å²) < 4.78 is 13.7. The molecule has 238 valence electrons. The van der Waals surface area contributed by atoms with Crippen LogP contribution in [-0.2, 0) is 5.41 Å². The van der Waals surface area contributed by atoms with Gasteiger partial charge in [-0.25, -0.2) is 19.3 Å². The lowest BCUT2D eigenvalue weighted by Crippen LogP contribution is -2.48. The van der Waals surface area contributed by atoms with Crippen molar-refractivity contribution >= 4 is 0 Å². The third kappa shape index (κ3) is 5.62. The van der Waals surface area contributed by atoms with Crippen LogP contribution in [0.25, 0.3) is 56.4 Å². The maximum atomic E-state index is 13.7. The highest BCUT2D eigenvalue weighted by Gasteiger charge is 2.51. The molecule has 4 fully saturated rings. The molecule has 0 unspecified atom stereocenters. The predicted octanol–water partition coefficient (Wildman–Crippen LogP) is 10.7. The first-order valence-electron chi connectivity index (χ1n) is 17.3. The molecule has 0 atom stereocenters. The van der Waals surface area contributed by atoms with E-state index < -0.39 is 0 Å². The van der Waals surface area contributed by atoms with Crippen molar-refractivity contribution in [2.45, 2.75) is 43.9 Å². The second-order valence-electron chi connectivity index (χ2n) is 14.4. The third-order valence-corrected chi connectivity index (χ3v) is 11.2. The number of halogens is 1. The van der Waals surface area contributed by atoms with Gasteiger partial charge in [-0.05, 0) is 126 Å². The van der Waals surface area contributed by atoms with Crippen LogP contribution in [0.5, 0.6) is 0 Å². The Morgan fingerprint density at radius 1 is 0.510 bits per heavy atom. The average molecular weight is 639 g/mol. The van der Waals surface area contributed by atoms with Crippen LogP contribution in [0.1, 0.15) is 49.7 Å². The van der Waals surface area contributed by atoms with Crippen molar-refractivity contribution in [2.24, 2.45) is 17.8 Å². The van der Waals surface area contributed by atoms with E-state index in [4.69, 9.17) is 15.0 Å². The topological polar surface area (TPSA) is 62.5 Å². The van der Waals surface area contributed by atoms with Gasteiger partial charge in [0.1, 0.15) is 5.82 Å². The normalized spacial score (nSPS) is 22.2. The van der Waals surface area contributed by atoms with E-state index in [0.29, 0.717) is 28.5 Å². The number of hydrogen-bond acceptors (Lipinski definition) is 4. The Morgan fingerprint density at radius 3 is 1.51 bits per heavy atom. The van der Waals surface area contributed by atoms with E-state index in [1.807, 2.05) is 60.7 Å². The second kappa shape index (κ2) is 11.9. The van der Waals surface area contributed by atoms with E-state index in [0.717, 1.165) is 56.7 Å². The molecule has 5 aromatic carbocycles. The van der Waals surface area contributed by atoms with Crippen molar-refractivity contribution in [1.29, 1.82) is 5.26 Å². The Bertz CT molecular complexity index is 2200. The Hall–Kier alpha value is -5.47. The molecule has 6 aromatic rings. The molecule has 0 amide bonds. The molecule has 5 heteroatoms. The minimum atomic E-state index is -0.262. The largest absolute Gasteiger partial charge is 0.208 e. The zero-order chi connectivity index (χ0) is 33.0. The lowest BCUT2D eigenvalue weighted by atomic mass is 9.48. The Morgan fingerprint density at radius 2 is 0.959 bits per heavy atom. The summed E-state index contributed by atoms with van der Waals surface area (Å²) in [6.45, 7) is 0. The summed E-state index contributed by atoms with van der Waals surface area (Å²) in [4.78, 5) is 15.1. The molecular weight excluding hydrogens is 604 g/mol. The van der Waals surface area contributed by atoms with Gasteiger partial charge in [0, 0.05) is 16.7 Å². The third-order valence-electron chi connectivity index (χ3n) is 11.2. The number of nitriles is 1. The highest BCUT2D eigenvalue weighted by Crippen LogP contribution is 2.60. The van der Waals surface area contributed by atoms with Gasteiger partial charge in [0.25, 0.3) is 0 Å². The number of aromatic nitrogens is 3. The molecule has 4 nitrogen and oxygen atoms in total. The zero-order valence-electron chi connectivity index (χ0n) is 27.2. The van der Waals surface area contributed by atoms with E-state index >= 15 is 0 Å². The Kier molecular flexibility index (Phi) is 7.20. The van der Waals surface area contributed by atoms with E-state index in [-0.39, 0.29) is 5.82 Å². The maximum Gasteiger partial charge on any atom is 0.164 e. The van der Waals surface area contributed by atoms with Gasteiger partial charge in [0.2, 0.25) is 0 Å². The van der Waals surface area contributed by atoms with Crippen molar-refractivity contribution in [3.8, 4) is 62.5 Å². The number of hydrogen-bond donors (Lipinski definition) is 0. The van der Waals surface area contributed by atoms with Crippen molar-refractivity contribution in [1.82, 2.24) is 15.0 Å². The van der Waals surface area contributed by atoms with Crippen LogP contribution in [0.4, 0.5) is 4.39 Å². The first-order valence-corrected chi connectivity index (χ1v) is 17.3. The Labute approximate surface area is 286 Å². The summed E-state index contributed by atoms with van der Waals surface area (Å²) in [5.74, 6) is 4.19. The van der Waals surface area contributed by atoms with Gasteiger partial charge in [-0.2, -0.15) is 5.26 Å². The number of benzene rings is 5. The molecule has 1 aromatic heterocycles. The average Bonchev–Trinajstić information content (AvgIpc) is 3.14. The highest BCUT2D eigenvalue weighted by atomic mass is 19.1. The quantitative estimate of drug-likeness (QED) is 0.182. The molecule has 4 aliphatic carbocycles. The lowest BCUT2D eigenvalue weighted by molar-refractivity contribution is -0.00518. The van der Waals surface area contributed by atoms with Gasteiger partial charge in [-0.1, -0.05) is 84.9 Å². The molecular formula is C44H35FN4. The first kappa shape index (κ1) is 29.7. The SMILES string of the molecule is N#Cc1cccc(-c2cccc(-c3nc(-c4ccc(C56C[C@H]7C[C@@H](C5)C[C@@H](C6)C7)cc4)nc(-c4cccc(-c5ccc(F)cc5)c4)n3)c2)c1. The summed E-state index contributed by atoms with van der Waals surface area (Å²) in [6, 6.07) is 41.7. The van der Waals surface area contributed by atoms with Crippen LogP contribution in [0, 0.1) is 34.9 Å². The van der Waals surface area contributed by atoms with Gasteiger partial charge >= 0.3 is 0 Å². The molecule has 0 aliphatic heterocycles. The smallest absolute Gasteiger partial charge is 0.164 e. The highest BCUT2D eigenvalue weighted by molar-refractivity contribution is 5.75. The summed E-state index contributed by atoms with van der Waals surface area (Å²) in [5.41, 5.74) is 8.93. The fourth-order valence-corrected chi connectivity index (χ4v) is 9.29. The molecule has 4 bridgehead atoms. The summed E-state index contributed by atoms with van der Waals surface area (Å²) in [5, 5.41) is 9.48. The van der Waals surface area contributed by atoms with Crippen molar-refractivity contribution in [3.63, 3.8) is 0 Å². The van der Waals surface area contributed by atoms with Gasteiger partial charge in [0.15, 0.2) is 17.5 Å². The van der Waals surface area contributed by atoms with Crippen LogP contribution in [0.2, 0.25) is 0 Å². The molecule has 4 aliphatic rings. The number of nitrogens with zero attached hydrogens (tertiary/aromatic N) is 4. The van der Waals surface area contributed by atoms with Crippen LogP contribution >= 0.6 is 0 Å². The van der Waals surface area contributed by atoms with Gasteiger partial charge in [-0.15, -0.1) is 0 Å². The molecule has 1 heterocycles. The van der Waals surface area contributed by atoms with E-state index in [1.54, 1.807) is 12.1 Å². The predicted molar refractivity (Wildman–Crippen MR) is 192 cm³/mol. The molecule has 0 radical (unpaired) electrons. The molecule has 4 saturated carbocycles. The first-order chi connectivity index (χ1) is 24.0. The second-order valence-corrected chi connectivity index (χ2v) is 14.4. The van der Waals surface area contributed by atoms with Gasteiger partial charge in [-0.3, -0.25) is 0 Å². The maximum absolute atomic E-state index is 13.7. The van der Waals surface area contributed by atoms with Crippen molar-refractivity contribution < 1.29 is 4.39 Å². The number of rotatable bonds is 6. The monoisotopic (exact) mass is 638 g/mol. The molecule has 10 rings (SSSR count).